The third-order valence-corrected chi connectivity index (χ3v) is 7.82. The molecule has 8 heteroatoms. The molecule has 1 aliphatic carbocycles. The maximum absolute atomic E-state index is 12.1. The molecule has 4 fully saturated rings. The highest BCUT2D eigenvalue weighted by atomic mass is 16.6. The van der Waals surface area contributed by atoms with E-state index in [1.54, 1.807) is 6.20 Å². The summed E-state index contributed by atoms with van der Waals surface area (Å²) in [5, 5.41) is 3.03. The van der Waals surface area contributed by atoms with Crippen LogP contribution in [0.15, 0.2) is 24.4 Å². The fourth-order valence-electron chi connectivity index (χ4n) is 6.08. The zero-order valence-electron chi connectivity index (χ0n) is 18.2. The van der Waals surface area contributed by atoms with Crippen molar-refractivity contribution in [3.8, 4) is 0 Å². The highest BCUT2D eigenvalue weighted by Gasteiger charge is 2.55. The van der Waals surface area contributed by atoms with Crippen LogP contribution in [0.1, 0.15) is 44.7 Å². The van der Waals surface area contributed by atoms with E-state index in [-0.39, 0.29) is 23.6 Å². The lowest BCUT2D eigenvalue weighted by atomic mass is 9.64. The molecule has 2 amide bonds. The van der Waals surface area contributed by atoms with Gasteiger partial charge in [0.25, 0.3) is 0 Å². The Bertz CT molecular complexity index is 818. The summed E-state index contributed by atoms with van der Waals surface area (Å²) in [5.41, 5.74) is 0.823. The Labute approximate surface area is 183 Å². The van der Waals surface area contributed by atoms with Gasteiger partial charge in [-0.05, 0) is 43.7 Å². The van der Waals surface area contributed by atoms with Gasteiger partial charge in [-0.2, -0.15) is 0 Å². The molecule has 1 unspecified atom stereocenters. The molecular formula is C23H32N4O4. The van der Waals surface area contributed by atoms with Crippen LogP contribution in [0.2, 0.25) is 0 Å². The third kappa shape index (κ3) is 3.86. The molecule has 0 radical (unpaired) electrons. The summed E-state index contributed by atoms with van der Waals surface area (Å²) >= 11 is 0. The zero-order chi connectivity index (χ0) is 21.5. The molecule has 5 rings (SSSR count). The first-order valence-electron chi connectivity index (χ1n) is 11.6. The van der Waals surface area contributed by atoms with Gasteiger partial charge in [0.2, 0.25) is 0 Å². The Hall–Kier alpha value is -2.35. The molecule has 1 atom stereocenters. The van der Waals surface area contributed by atoms with E-state index in [0.717, 1.165) is 64.0 Å². The number of hydrogen-bond donors (Lipinski definition) is 1. The van der Waals surface area contributed by atoms with Gasteiger partial charge in [0.1, 0.15) is 5.60 Å². The van der Waals surface area contributed by atoms with E-state index >= 15 is 0 Å². The number of likely N-dealkylation sites (tertiary alicyclic amines) is 2. The Balaban J connectivity index is 1.15. The standard InChI is InChI=1S/C23H32N4O4/c1-2-30-21(29)27-10-6-22(16-27)14-18(15-22)26-11-7-23(8-12-26)19(25-20(28)31-23)13-17-5-3-4-9-24-17/h3-5,9,18-19H,2,6-8,10-16H2,1H3,(H,25,28). The number of ether oxygens (including phenoxy) is 2. The van der Waals surface area contributed by atoms with Gasteiger partial charge in [0.15, 0.2) is 0 Å². The summed E-state index contributed by atoms with van der Waals surface area (Å²) in [6.45, 7) is 5.80. The van der Waals surface area contributed by atoms with E-state index in [0.29, 0.717) is 19.1 Å². The van der Waals surface area contributed by atoms with E-state index in [9.17, 15) is 9.59 Å². The predicted molar refractivity (Wildman–Crippen MR) is 114 cm³/mol. The average molecular weight is 429 g/mol. The van der Waals surface area contributed by atoms with Crippen molar-refractivity contribution in [2.24, 2.45) is 5.41 Å². The number of carbonyl (C=O) groups is 2. The number of alkyl carbamates (subject to hydrolysis) is 1. The molecule has 1 N–H and O–H groups in total. The predicted octanol–water partition coefficient (Wildman–Crippen LogP) is 2.58. The van der Waals surface area contributed by atoms with Crippen LogP contribution in [0.4, 0.5) is 9.59 Å². The van der Waals surface area contributed by atoms with Crippen molar-refractivity contribution in [2.45, 2.75) is 63.1 Å². The lowest BCUT2D eigenvalue weighted by Gasteiger charge is -2.52. The lowest BCUT2D eigenvalue weighted by Crippen LogP contribution is -2.59. The minimum atomic E-state index is -0.430. The number of piperidine rings is 1. The van der Waals surface area contributed by atoms with Gasteiger partial charge in [-0.1, -0.05) is 6.07 Å². The molecule has 31 heavy (non-hydrogen) atoms. The molecule has 4 heterocycles. The van der Waals surface area contributed by atoms with Crippen LogP contribution in [-0.4, -0.2) is 77.4 Å². The SMILES string of the molecule is CCOC(=O)N1CCC2(CC(N3CCC4(CC3)OC(=O)NC4Cc3ccccn3)C2)C1. The summed E-state index contributed by atoms with van der Waals surface area (Å²) in [6, 6.07) is 6.43. The fourth-order valence-corrected chi connectivity index (χ4v) is 6.08. The summed E-state index contributed by atoms with van der Waals surface area (Å²) in [7, 11) is 0. The van der Waals surface area contributed by atoms with Gasteiger partial charge in [-0.3, -0.25) is 4.98 Å². The molecule has 2 spiro atoms. The quantitative estimate of drug-likeness (QED) is 0.794. The Morgan fingerprint density at radius 3 is 2.77 bits per heavy atom. The van der Waals surface area contributed by atoms with Crippen molar-refractivity contribution in [2.75, 3.05) is 32.8 Å². The molecule has 0 aromatic carbocycles. The van der Waals surface area contributed by atoms with E-state index in [4.69, 9.17) is 9.47 Å². The van der Waals surface area contributed by atoms with Crippen molar-refractivity contribution in [3.63, 3.8) is 0 Å². The van der Waals surface area contributed by atoms with Gasteiger partial charge in [-0.25, -0.2) is 9.59 Å². The number of rotatable bonds is 4. The minimum absolute atomic E-state index is 0.0299. The highest BCUT2D eigenvalue weighted by molar-refractivity contribution is 5.71. The second kappa shape index (κ2) is 7.97. The van der Waals surface area contributed by atoms with Gasteiger partial charge < -0.3 is 24.6 Å². The fraction of sp³-hybridized carbons (Fsp3) is 0.696. The minimum Gasteiger partial charge on any atom is -0.450 e. The molecule has 8 nitrogen and oxygen atoms in total. The van der Waals surface area contributed by atoms with E-state index in [1.165, 1.54) is 0 Å². The monoisotopic (exact) mass is 428 g/mol. The van der Waals surface area contributed by atoms with E-state index in [1.807, 2.05) is 30.0 Å². The molecular weight excluding hydrogens is 396 g/mol. The average Bonchev–Trinajstić information content (AvgIpc) is 3.31. The third-order valence-electron chi connectivity index (χ3n) is 7.82. The second-order valence-electron chi connectivity index (χ2n) is 9.64. The largest absolute Gasteiger partial charge is 0.450 e. The zero-order valence-corrected chi connectivity index (χ0v) is 18.2. The summed E-state index contributed by atoms with van der Waals surface area (Å²) in [4.78, 5) is 33.0. The van der Waals surface area contributed by atoms with E-state index in [2.05, 4.69) is 15.2 Å². The van der Waals surface area contributed by atoms with Crippen molar-refractivity contribution in [1.82, 2.24) is 20.1 Å². The van der Waals surface area contributed by atoms with Gasteiger partial charge in [0, 0.05) is 63.4 Å². The van der Waals surface area contributed by atoms with Crippen LogP contribution in [0.3, 0.4) is 0 Å². The number of nitrogens with zero attached hydrogens (tertiary/aromatic N) is 3. The van der Waals surface area contributed by atoms with Crippen molar-refractivity contribution < 1.29 is 19.1 Å². The van der Waals surface area contributed by atoms with Crippen LogP contribution in [-0.2, 0) is 15.9 Å². The maximum atomic E-state index is 12.1. The second-order valence-corrected chi connectivity index (χ2v) is 9.64. The maximum Gasteiger partial charge on any atom is 0.409 e. The summed E-state index contributed by atoms with van der Waals surface area (Å²) in [6.07, 6.45) is 7.08. The van der Waals surface area contributed by atoms with Crippen LogP contribution >= 0.6 is 0 Å². The first kappa shape index (κ1) is 20.5. The molecule has 1 saturated carbocycles. The smallest absolute Gasteiger partial charge is 0.409 e. The Morgan fingerprint density at radius 1 is 1.26 bits per heavy atom. The first-order valence-corrected chi connectivity index (χ1v) is 11.6. The van der Waals surface area contributed by atoms with E-state index < -0.39 is 5.60 Å². The number of amides is 2. The first-order chi connectivity index (χ1) is 15.0. The number of carbonyl (C=O) groups excluding carboxylic acids is 2. The Kier molecular flexibility index (Phi) is 5.28. The number of aromatic nitrogens is 1. The molecule has 3 saturated heterocycles. The van der Waals surface area contributed by atoms with Crippen molar-refractivity contribution >= 4 is 12.2 Å². The summed E-state index contributed by atoms with van der Waals surface area (Å²) < 4.78 is 11.0. The Morgan fingerprint density at radius 2 is 2.06 bits per heavy atom. The van der Waals surface area contributed by atoms with Crippen LogP contribution < -0.4 is 5.32 Å². The lowest BCUT2D eigenvalue weighted by molar-refractivity contribution is -0.0611. The molecule has 168 valence electrons. The normalized spacial score (nSPS) is 32.0. The number of nitrogens with one attached hydrogen (secondary N) is 1. The number of hydrogen-bond acceptors (Lipinski definition) is 6. The molecule has 0 bridgehead atoms. The van der Waals surface area contributed by atoms with Crippen LogP contribution in [0.5, 0.6) is 0 Å². The topological polar surface area (TPSA) is 84.0 Å². The molecule has 1 aromatic heterocycles. The molecule has 4 aliphatic rings. The van der Waals surface area contributed by atoms with Crippen LogP contribution in [0.25, 0.3) is 0 Å². The van der Waals surface area contributed by atoms with Crippen LogP contribution in [0, 0.1) is 5.41 Å². The molecule has 3 aliphatic heterocycles. The number of pyridine rings is 1. The highest BCUT2D eigenvalue weighted by Crippen LogP contribution is 2.51. The van der Waals surface area contributed by atoms with Crippen molar-refractivity contribution in [3.05, 3.63) is 30.1 Å². The van der Waals surface area contributed by atoms with Crippen molar-refractivity contribution in [1.29, 1.82) is 0 Å². The van der Waals surface area contributed by atoms with Gasteiger partial charge in [0.05, 0.1) is 12.6 Å². The van der Waals surface area contributed by atoms with Gasteiger partial charge in [-0.15, -0.1) is 0 Å². The summed E-state index contributed by atoms with van der Waals surface area (Å²) in [5.74, 6) is 0. The molecule has 1 aromatic rings. The van der Waals surface area contributed by atoms with Gasteiger partial charge >= 0.3 is 12.2 Å².